The van der Waals surface area contributed by atoms with Crippen LogP contribution >= 0.6 is 11.6 Å². The van der Waals surface area contributed by atoms with Crippen molar-refractivity contribution in [2.24, 2.45) is 5.92 Å². The van der Waals surface area contributed by atoms with Crippen molar-refractivity contribution in [2.75, 3.05) is 13.1 Å². The molecule has 0 atom stereocenters. The highest BCUT2D eigenvalue weighted by Crippen LogP contribution is 2.44. The second-order valence-electron chi connectivity index (χ2n) is 9.88. The van der Waals surface area contributed by atoms with Crippen LogP contribution in [0.4, 0.5) is 4.39 Å². The predicted molar refractivity (Wildman–Crippen MR) is 135 cm³/mol. The molecule has 1 aliphatic heterocycles. The molecule has 2 N–H and O–H groups in total. The number of halogens is 2. The summed E-state index contributed by atoms with van der Waals surface area (Å²) in [6, 6.07) is 11.2. The average Bonchev–Trinajstić information content (AvgIpc) is 3.56. The first-order chi connectivity index (χ1) is 17.5. The zero-order valence-corrected chi connectivity index (χ0v) is 20.5. The van der Waals surface area contributed by atoms with E-state index in [1.807, 2.05) is 11.0 Å². The summed E-state index contributed by atoms with van der Waals surface area (Å²) in [5.74, 6) is 1.09. The molecule has 2 fully saturated rings. The van der Waals surface area contributed by atoms with Crippen LogP contribution in [0.15, 0.2) is 42.5 Å². The van der Waals surface area contributed by atoms with Crippen molar-refractivity contribution in [3.63, 3.8) is 0 Å². The molecule has 0 bridgehead atoms. The van der Waals surface area contributed by atoms with Gasteiger partial charge >= 0.3 is 0 Å². The highest BCUT2D eigenvalue weighted by atomic mass is 35.5. The van der Waals surface area contributed by atoms with Crippen LogP contribution < -0.4 is 0 Å². The van der Waals surface area contributed by atoms with Crippen LogP contribution in [-0.2, 0) is 6.42 Å². The van der Waals surface area contributed by atoms with Gasteiger partial charge in [0.15, 0.2) is 0 Å². The zero-order chi connectivity index (χ0) is 24.8. The van der Waals surface area contributed by atoms with Crippen LogP contribution in [0.25, 0.3) is 17.0 Å². The maximum atomic E-state index is 13.2. The molecular formula is C27H27ClFN5O2. The topological polar surface area (TPSA) is 87.0 Å². The first-order valence-corrected chi connectivity index (χ1v) is 12.9. The standard InChI is InChI=1S/C27H27ClFN5O2/c28-19-6-10-22-23(15-19)31-27(30-22)34-26(36)21(24(32-34)17-2-3-17)9-1-16-11-13-33(14-12-16)25(35)18-4-7-20(29)8-5-18/h4-8,10,15-17,36H,1-3,9,11-14H2,(H,30,31). The molecule has 1 saturated heterocycles. The number of aromatic hydroxyl groups is 1. The number of carbonyl (C=O) groups is 1. The minimum absolute atomic E-state index is 0.0458. The van der Waals surface area contributed by atoms with Crippen LogP contribution in [0.1, 0.15) is 59.6 Å². The molecule has 2 aliphatic rings. The molecule has 186 valence electrons. The van der Waals surface area contributed by atoms with Gasteiger partial charge in [0.2, 0.25) is 11.8 Å². The van der Waals surface area contributed by atoms with Crippen molar-refractivity contribution in [1.29, 1.82) is 0 Å². The van der Waals surface area contributed by atoms with Gasteiger partial charge in [0.1, 0.15) is 5.82 Å². The van der Waals surface area contributed by atoms with Gasteiger partial charge in [-0.25, -0.2) is 9.37 Å². The first kappa shape index (κ1) is 23.0. The Balaban J connectivity index is 1.14. The lowest BCUT2D eigenvalue weighted by Crippen LogP contribution is -2.38. The van der Waals surface area contributed by atoms with Gasteiger partial charge in [-0.3, -0.25) is 4.79 Å². The summed E-state index contributed by atoms with van der Waals surface area (Å²) in [5.41, 5.74) is 3.95. The molecule has 4 aromatic rings. The molecule has 0 spiro atoms. The Bertz CT molecular complexity index is 1420. The highest BCUT2D eigenvalue weighted by molar-refractivity contribution is 6.31. The molecule has 3 heterocycles. The van der Waals surface area contributed by atoms with Crippen molar-refractivity contribution < 1.29 is 14.3 Å². The number of imidazole rings is 1. The molecule has 1 amide bonds. The van der Waals surface area contributed by atoms with Gasteiger partial charge in [0.25, 0.3) is 5.91 Å². The number of aromatic amines is 1. The molecule has 1 aliphatic carbocycles. The molecule has 2 aromatic heterocycles. The summed E-state index contributed by atoms with van der Waals surface area (Å²) >= 11 is 6.10. The summed E-state index contributed by atoms with van der Waals surface area (Å²) < 4.78 is 14.7. The van der Waals surface area contributed by atoms with Gasteiger partial charge in [0.05, 0.1) is 16.7 Å². The molecule has 1 saturated carbocycles. The SMILES string of the molecule is O=C(c1ccc(F)cc1)N1CCC(CCc2c(C3CC3)nn(-c3nc4cc(Cl)ccc4[nH]3)c2O)CC1. The number of piperidine rings is 1. The van der Waals surface area contributed by atoms with Crippen molar-refractivity contribution in [3.8, 4) is 11.8 Å². The van der Waals surface area contributed by atoms with Gasteiger partial charge in [-0.05, 0) is 86.9 Å². The van der Waals surface area contributed by atoms with Gasteiger partial charge in [-0.15, -0.1) is 0 Å². The quantitative estimate of drug-likeness (QED) is 0.355. The van der Waals surface area contributed by atoms with Crippen molar-refractivity contribution in [3.05, 3.63) is 70.1 Å². The number of nitrogens with one attached hydrogen (secondary N) is 1. The molecule has 36 heavy (non-hydrogen) atoms. The Morgan fingerprint density at radius 1 is 1.11 bits per heavy atom. The fraction of sp³-hybridized carbons (Fsp3) is 0.370. The normalized spacial score (nSPS) is 16.7. The number of rotatable bonds is 6. The van der Waals surface area contributed by atoms with Crippen molar-refractivity contribution >= 4 is 28.5 Å². The van der Waals surface area contributed by atoms with E-state index in [0.717, 1.165) is 60.8 Å². The van der Waals surface area contributed by atoms with E-state index in [9.17, 15) is 14.3 Å². The second-order valence-corrected chi connectivity index (χ2v) is 10.3. The van der Waals surface area contributed by atoms with Gasteiger partial charge < -0.3 is 15.0 Å². The van der Waals surface area contributed by atoms with E-state index in [2.05, 4.69) is 9.97 Å². The van der Waals surface area contributed by atoms with E-state index >= 15 is 0 Å². The number of likely N-dealkylation sites (tertiary alicyclic amines) is 1. The van der Waals surface area contributed by atoms with E-state index in [0.29, 0.717) is 41.5 Å². The lowest BCUT2D eigenvalue weighted by Gasteiger charge is -2.32. The minimum Gasteiger partial charge on any atom is -0.493 e. The van der Waals surface area contributed by atoms with E-state index in [4.69, 9.17) is 16.7 Å². The van der Waals surface area contributed by atoms with Crippen molar-refractivity contribution in [2.45, 2.75) is 44.4 Å². The van der Waals surface area contributed by atoms with Crippen LogP contribution in [0.5, 0.6) is 5.88 Å². The first-order valence-electron chi connectivity index (χ1n) is 12.5. The number of H-pyrrole nitrogens is 1. The van der Waals surface area contributed by atoms with E-state index in [-0.39, 0.29) is 17.6 Å². The van der Waals surface area contributed by atoms with E-state index in [1.54, 1.807) is 24.3 Å². The number of nitrogens with zero attached hydrogens (tertiary/aromatic N) is 4. The van der Waals surface area contributed by atoms with E-state index < -0.39 is 0 Å². The summed E-state index contributed by atoms with van der Waals surface area (Å²) in [5, 5.41) is 16.5. The van der Waals surface area contributed by atoms with Gasteiger partial charge in [0, 0.05) is 35.2 Å². The number of aromatic nitrogens is 4. The number of fused-ring (bicyclic) bond motifs is 1. The molecule has 2 aromatic carbocycles. The lowest BCUT2D eigenvalue weighted by atomic mass is 9.90. The van der Waals surface area contributed by atoms with Crippen LogP contribution in [-0.4, -0.2) is 48.8 Å². The van der Waals surface area contributed by atoms with Gasteiger partial charge in [-0.1, -0.05) is 11.6 Å². The number of hydrogen-bond donors (Lipinski definition) is 2. The Morgan fingerprint density at radius 2 is 1.86 bits per heavy atom. The molecule has 0 radical (unpaired) electrons. The van der Waals surface area contributed by atoms with Crippen LogP contribution in [0.2, 0.25) is 5.02 Å². The lowest BCUT2D eigenvalue weighted by molar-refractivity contribution is 0.0687. The Morgan fingerprint density at radius 3 is 2.58 bits per heavy atom. The Labute approximate surface area is 212 Å². The average molecular weight is 508 g/mol. The third-order valence-corrected chi connectivity index (χ3v) is 7.62. The number of hydrogen-bond acceptors (Lipinski definition) is 4. The zero-order valence-electron chi connectivity index (χ0n) is 19.8. The summed E-state index contributed by atoms with van der Waals surface area (Å²) in [6.45, 7) is 1.37. The fourth-order valence-corrected chi connectivity index (χ4v) is 5.31. The van der Waals surface area contributed by atoms with Crippen molar-refractivity contribution in [1.82, 2.24) is 24.6 Å². The molecule has 9 heteroatoms. The number of benzene rings is 2. The summed E-state index contributed by atoms with van der Waals surface area (Å²) in [6.07, 6.45) is 5.65. The maximum Gasteiger partial charge on any atom is 0.253 e. The summed E-state index contributed by atoms with van der Waals surface area (Å²) in [4.78, 5) is 22.4. The number of amides is 1. The van der Waals surface area contributed by atoms with Crippen LogP contribution in [0, 0.1) is 11.7 Å². The largest absolute Gasteiger partial charge is 0.493 e. The third kappa shape index (κ3) is 4.46. The predicted octanol–water partition coefficient (Wildman–Crippen LogP) is 5.61. The van der Waals surface area contributed by atoms with Gasteiger partial charge in [-0.2, -0.15) is 9.78 Å². The Kier molecular flexibility index (Phi) is 5.91. The molecule has 7 nitrogen and oxygen atoms in total. The third-order valence-electron chi connectivity index (χ3n) is 7.38. The minimum atomic E-state index is -0.341. The summed E-state index contributed by atoms with van der Waals surface area (Å²) in [7, 11) is 0. The van der Waals surface area contributed by atoms with E-state index in [1.165, 1.54) is 16.8 Å². The smallest absolute Gasteiger partial charge is 0.253 e. The fourth-order valence-electron chi connectivity index (χ4n) is 5.14. The second kappa shape index (κ2) is 9.24. The van der Waals surface area contributed by atoms with Crippen LogP contribution in [0.3, 0.4) is 0 Å². The maximum absolute atomic E-state index is 13.2. The monoisotopic (exact) mass is 507 g/mol. The molecule has 6 rings (SSSR count). The molecular weight excluding hydrogens is 481 g/mol. The Hall–Kier alpha value is -3.39. The molecule has 0 unspecified atom stereocenters. The number of carbonyl (C=O) groups excluding carboxylic acids is 1. The highest BCUT2D eigenvalue weighted by Gasteiger charge is 2.33.